The molecular formula is C26H45LiNO3Si+. The van der Waals surface area contributed by atoms with E-state index < -0.39 is 8.07 Å². The summed E-state index contributed by atoms with van der Waals surface area (Å²) in [6.07, 6.45) is 5.47. The summed E-state index contributed by atoms with van der Waals surface area (Å²) in [5.74, 6) is 0.787. The molecule has 1 N–H and O–H groups in total. The Morgan fingerprint density at radius 3 is 2.12 bits per heavy atom. The van der Waals surface area contributed by atoms with Crippen LogP contribution in [0.3, 0.4) is 0 Å². The summed E-state index contributed by atoms with van der Waals surface area (Å²) in [4.78, 5) is 15.0. The number of carbonyl (C=O) groups excluding carboxylic acids is 1. The van der Waals surface area contributed by atoms with Crippen LogP contribution in [-0.2, 0) is 9.47 Å². The molecule has 0 bridgehead atoms. The number of benzene rings is 1. The number of carbonyl (C=O) groups is 1. The maximum absolute atomic E-state index is 13.4. The van der Waals surface area contributed by atoms with Gasteiger partial charge in [0.05, 0.1) is 18.7 Å². The number of hydrogen-bond acceptors (Lipinski definition) is 3. The summed E-state index contributed by atoms with van der Waals surface area (Å²) in [5, 5.41) is 0. The van der Waals surface area contributed by atoms with Gasteiger partial charge in [-0.1, -0.05) is 66.8 Å². The summed E-state index contributed by atoms with van der Waals surface area (Å²) in [6, 6.07) is 5.00. The molecule has 1 unspecified atom stereocenters. The molecule has 1 aliphatic heterocycles. The van der Waals surface area contributed by atoms with Gasteiger partial charge in [0.1, 0.15) is 6.04 Å². The Labute approximate surface area is 210 Å². The zero-order valence-electron chi connectivity index (χ0n) is 22.3. The van der Waals surface area contributed by atoms with E-state index in [2.05, 4.69) is 66.8 Å². The first-order valence-electron chi connectivity index (χ1n) is 12.0. The molecule has 1 aromatic rings. The molecule has 0 aromatic heterocycles. The van der Waals surface area contributed by atoms with Gasteiger partial charge < -0.3 is 14.4 Å². The first kappa shape index (κ1) is 29.5. The Morgan fingerprint density at radius 2 is 1.66 bits per heavy atom. The molecule has 1 fully saturated rings. The number of nitrogens with one attached hydrogen (secondary N) is 1. The smallest absolute Gasteiger partial charge is 0.635 e. The van der Waals surface area contributed by atoms with E-state index in [1.807, 2.05) is 6.23 Å². The Hall–Kier alpha value is -0.576. The van der Waals surface area contributed by atoms with Crippen LogP contribution in [0.2, 0.25) is 13.1 Å². The van der Waals surface area contributed by atoms with Crippen molar-refractivity contribution in [1.82, 2.24) is 0 Å². The van der Waals surface area contributed by atoms with Gasteiger partial charge in [0.25, 0.3) is 0 Å². The van der Waals surface area contributed by atoms with Crippen LogP contribution in [0.15, 0.2) is 12.1 Å². The van der Waals surface area contributed by atoms with Gasteiger partial charge in [0.15, 0.2) is 0 Å². The van der Waals surface area contributed by atoms with E-state index in [0.29, 0.717) is 12.0 Å². The Balaban J connectivity index is 0.00000512. The van der Waals surface area contributed by atoms with Crippen molar-refractivity contribution in [3.63, 3.8) is 0 Å². The van der Waals surface area contributed by atoms with Crippen LogP contribution in [-0.4, -0.2) is 46.5 Å². The van der Waals surface area contributed by atoms with Crippen LogP contribution in [0, 0.1) is 6.23 Å². The summed E-state index contributed by atoms with van der Waals surface area (Å²) < 4.78 is 11.4. The van der Waals surface area contributed by atoms with Crippen LogP contribution in [0.25, 0.3) is 0 Å². The third kappa shape index (κ3) is 7.74. The van der Waals surface area contributed by atoms with Gasteiger partial charge in [-0.05, 0) is 34.4 Å². The van der Waals surface area contributed by atoms with E-state index in [4.69, 9.17) is 9.47 Å². The zero-order valence-corrected chi connectivity index (χ0v) is 23.3. The van der Waals surface area contributed by atoms with E-state index in [1.165, 1.54) is 24.9 Å². The Morgan fingerprint density at radius 1 is 1.09 bits per heavy atom. The Bertz CT molecular complexity index is 720. The maximum atomic E-state index is 13.4. The normalized spacial score (nSPS) is 19.0. The molecule has 1 saturated heterocycles. The third-order valence-electron chi connectivity index (χ3n) is 6.50. The molecule has 1 heterocycles. The number of hydrogen-bond donors (Lipinski definition) is 1. The van der Waals surface area contributed by atoms with Gasteiger partial charge in [0, 0.05) is 34.2 Å². The van der Waals surface area contributed by atoms with Crippen molar-refractivity contribution in [3.8, 4) is 0 Å². The molecule has 2 atom stereocenters. The standard InChI is InChI=1S/C26H44NO3Si.Li/c1-18(2)21-13-23(19(3)4)25(24(14-21)20(5)6)26(28)30-17-31(8,9)16-27-12-10-11-22(27)15-29-7;/h13-14,17-20,22H,10-12,15-16H2,1-9H3;/q-1;+1/p+1/t22-;/m0./s1. The number of ether oxygens (including phenoxy) is 2. The quantitative estimate of drug-likeness (QED) is 0.333. The minimum atomic E-state index is -1.81. The number of esters is 1. The summed E-state index contributed by atoms with van der Waals surface area (Å²) >= 11 is 0. The first-order valence-corrected chi connectivity index (χ1v) is 15.3. The van der Waals surface area contributed by atoms with Crippen LogP contribution < -0.4 is 23.8 Å². The van der Waals surface area contributed by atoms with E-state index >= 15 is 0 Å². The van der Waals surface area contributed by atoms with Crippen molar-refractivity contribution in [3.05, 3.63) is 40.6 Å². The van der Waals surface area contributed by atoms with E-state index in [1.54, 1.807) is 12.0 Å². The largest absolute Gasteiger partial charge is 1.00 e. The summed E-state index contributed by atoms with van der Waals surface area (Å²) in [6.45, 7) is 19.7. The molecular weight excluding hydrogens is 409 g/mol. The molecule has 176 valence electrons. The maximum Gasteiger partial charge on any atom is 1.00 e. The second kappa shape index (κ2) is 12.8. The van der Waals surface area contributed by atoms with E-state index in [0.717, 1.165) is 29.5 Å². The van der Waals surface area contributed by atoms with E-state index in [9.17, 15) is 4.79 Å². The Kier molecular flexibility index (Phi) is 11.8. The average Bonchev–Trinajstić information content (AvgIpc) is 3.11. The number of methoxy groups -OCH3 is 1. The monoisotopic (exact) mass is 454 g/mol. The van der Waals surface area contributed by atoms with Gasteiger partial charge in [-0.2, -0.15) is 6.23 Å². The van der Waals surface area contributed by atoms with Gasteiger partial charge in [0.2, 0.25) is 0 Å². The van der Waals surface area contributed by atoms with Crippen molar-refractivity contribution in [2.75, 3.05) is 26.4 Å². The SMILES string of the molecule is COC[C@@H]1CCC[NH+]1C[Si](C)(C)[CH-]OC(=O)c1c(C(C)C)cc(C(C)C)cc1C(C)C.[Li+]. The minimum absolute atomic E-state index is 0. The topological polar surface area (TPSA) is 40.0 Å². The fourth-order valence-electron chi connectivity index (χ4n) is 4.71. The van der Waals surface area contributed by atoms with Crippen molar-refractivity contribution in [2.24, 2.45) is 0 Å². The molecule has 1 aliphatic rings. The molecule has 4 nitrogen and oxygen atoms in total. The molecule has 32 heavy (non-hydrogen) atoms. The molecule has 6 heteroatoms. The van der Waals surface area contributed by atoms with Crippen molar-refractivity contribution in [2.45, 2.75) is 91.3 Å². The van der Waals surface area contributed by atoms with Gasteiger partial charge in [-0.3, -0.25) is 0 Å². The molecule has 0 radical (unpaired) electrons. The van der Waals surface area contributed by atoms with Crippen molar-refractivity contribution in [1.29, 1.82) is 0 Å². The first-order chi connectivity index (χ1) is 14.5. The second-order valence-corrected chi connectivity index (χ2v) is 15.5. The van der Waals surface area contributed by atoms with Crippen LogP contribution in [0.4, 0.5) is 0 Å². The van der Waals surface area contributed by atoms with Crippen molar-refractivity contribution < 1.29 is 38.0 Å². The summed E-state index contributed by atoms with van der Waals surface area (Å²) in [5.41, 5.74) is 4.29. The average molecular weight is 455 g/mol. The number of rotatable bonds is 10. The van der Waals surface area contributed by atoms with Crippen LogP contribution in [0.5, 0.6) is 0 Å². The number of quaternary nitrogens is 1. The molecule has 0 spiro atoms. The molecule has 2 rings (SSSR count). The van der Waals surface area contributed by atoms with E-state index in [-0.39, 0.29) is 36.7 Å². The van der Waals surface area contributed by atoms with Crippen LogP contribution in [0.1, 0.15) is 99.2 Å². The third-order valence-corrected chi connectivity index (χ3v) is 8.62. The molecule has 0 aliphatic carbocycles. The van der Waals surface area contributed by atoms with Gasteiger partial charge in [-0.15, -0.1) is 0 Å². The molecule has 0 saturated carbocycles. The molecule has 0 amide bonds. The number of likely N-dealkylation sites (tertiary alicyclic amines) is 1. The minimum Gasteiger partial charge on any atom is -0.635 e. The summed E-state index contributed by atoms with van der Waals surface area (Å²) in [7, 11) is -0.0261. The predicted octanol–water partition coefficient (Wildman–Crippen LogP) is 1.86. The van der Waals surface area contributed by atoms with Crippen LogP contribution >= 0.6 is 0 Å². The fraction of sp³-hybridized carbons (Fsp3) is 0.692. The molecule has 1 aromatic carbocycles. The fourth-order valence-corrected chi connectivity index (χ4v) is 6.85. The zero-order chi connectivity index (χ0) is 23.3. The van der Waals surface area contributed by atoms with Gasteiger partial charge in [-0.25, -0.2) is 4.79 Å². The van der Waals surface area contributed by atoms with Gasteiger partial charge >= 0.3 is 24.8 Å². The predicted molar refractivity (Wildman–Crippen MR) is 132 cm³/mol. The van der Waals surface area contributed by atoms with Crippen molar-refractivity contribution >= 4 is 14.0 Å². The second-order valence-electron chi connectivity index (χ2n) is 10.9.